The molecule has 3 heteroatoms. The van der Waals surface area contributed by atoms with Crippen LogP contribution in [0.1, 0.15) is 24.5 Å². The molecule has 3 rings (SSSR count). The van der Waals surface area contributed by atoms with Gasteiger partial charge in [0.05, 0.1) is 0 Å². The Morgan fingerprint density at radius 2 is 2.00 bits per heavy atom. The monoisotopic (exact) mass is 344 g/mol. The number of hydrogen-bond donors (Lipinski definition) is 1. The van der Waals surface area contributed by atoms with E-state index in [0.717, 1.165) is 24.1 Å². The number of hydrogen-bond acceptors (Lipinski definition) is 2. The molecule has 0 atom stereocenters. The molecule has 21 heavy (non-hydrogen) atoms. The van der Waals surface area contributed by atoms with Gasteiger partial charge in [-0.25, -0.2) is 0 Å². The van der Waals surface area contributed by atoms with Crippen LogP contribution in [0.4, 0.5) is 11.4 Å². The first-order chi connectivity index (χ1) is 10.3. The van der Waals surface area contributed by atoms with Crippen molar-refractivity contribution in [2.75, 3.05) is 18.0 Å². The molecule has 0 bridgehead atoms. The van der Waals surface area contributed by atoms with Gasteiger partial charge in [0.15, 0.2) is 0 Å². The highest BCUT2D eigenvalue weighted by Gasteiger charge is 2.19. The predicted octanol–water partition coefficient (Wildman–Crippen LogP) is 4.64. The highest BCUT2D eigenvalue weighted by atomic mass is 79.9. The average Bonchev–Trinajstić information content (AvgIpc) is 2.52. The first-order valence-electron chi connectivity index (χ1n) is 7.64. The molecule has 110 valence electrons. The third-order valence-corrected chi connectivity index (χ3v) is 4.50. The number of nitrogens with zero attached hydrogens (tertiary/aromatic N) is 1. The van der Waals surface area contributed by atoms with E-state index in [2.05, 4.69) is 75.5 Å². The molecular weight excluding hydrogens is 324 g/mol. The molecule has 1 N–H and O–H groups in total. The standard InChI is InChI=1S/C18H21BrN2/c1-2-20-13-15-12-16(19)9-10-18(15)21-11-5-7-14-6-3-4-8-17(14)21/h3-4,6,8-10,12,20H,2,5,7,11,13H2,1H3. The summed E-state index contributed by atoms with van der Waals surface area (Å²) in [5.74, 6) is 0. The summed E-state index contributed by atoms with van der Waals surface area (Å²) >= 11 is 3.60. The topological polar surface area (TPSA) is 15.3 Å². The van der Waals surface area contributed by atoms with Crippen molar-refractivity contribution in [3.63, 3.8) is 0 Å². The fourth-order valence-corrected chi connectivity index (χ4v) is 3.41. The summed E-state index contributed by atoms with van der Waals surface area (Å²) in [5.41, 5.74) is 5.50. The summed E-state index contributed by atoms with van der Waals surface area (Å²) in [7, 11) is 0. The minimum Gasteiger partial charge on any atom is -0.341 e. The van der Waals surface area contributed by atoms with Gasteiger partial charge < -0.3 is 10.2 Å². The van der Waals surface area contributed by atoms with Gasteiger partial charge in [0.25, 0.3) is 0 Å². The molecule has 0 saturated heterocycles. The molecule has 0 spiro atoms. The minimum absolute atomic E-state index is 0.907. The predicted molar refractivity (Wildman–Crippen MR) is 93.3 cm³/mol. The molecule has 0 saturated carbocycles. The van der Waals surface area contributed by atoms with Crippen molar-refractivity contribution in [1.82, 2.24) is 5.32 Å². The van der Waals surface area contributed by atoms with E-state index in [1.54, 1.807) is 0 Å². The van der Waals surface area contributed by atoms with E-state index < -0.39 is 0 Å². The lowest BCUT2D eigenvalue weighted by Crippen LogP contribution is -2.26. The third kappa shape index (κ3) is 3.14. The van der Waals surface area contributed by atoms with Gasteiger partial charge in [-0.1, -0.05) is 41.1 Å². The lowest BCUT2D eigenvalue weighted by atomic mass is 10.00. The molecule has 0 fully saturated rings. The van der Waals surface area contributed by atoms with Gasteiger partial charge in [-0.15, -0.1) is 0 Å². The van der Waals surface area contributed by atoms with Gasteiger partial charge in [0, 0.05) is 28.9 Å². The number of anilines is 2. The van der Waals surface area contributed by atoms with E-state index in [4.69, 9.17) is 0 Å². The Hall–Kier alpha value is -1.32. The van der Waals surface area contributed by atoms with Crippen molar-refractivity contribution >= 4 is 27.3 Å². The maximum atomic E-state index is 3.60. The zero-order valence-electron chi connectivity index (χ0n) is 12.4. The largest absolute Gasteiger partial charge is 0.341 e. The molecule has 0 unspecified atom stereocenters. The fourth-order valence-electron chi connectivity index (χ4n) is 3.00. The quantitative estimate of drug-likeness (QED) is 0.868. The van der Waals surface area contributed by atoms with Crippen molar-refractivity contribution in [2.24, 2.45) is 0 Å². The Kier molecular flexibility index (Phi) is 4.61. The summed E-state index contributed by atoms with van der Waals surface area (Å²) in [5, 5.41) is 3.45. The average molecular weight is 345 g/mol. The zero-order chi connectivity index (χ0) is 14.7. The van der Waals surface area contributed by atoms with E-state index >= 15 is 0 Å². The SMILES string of the molecule is CCNCc1cc(Br)ccc1N1CCCc2ccccc21. The van der Waals surface area contributed by atoms with Crippen LogP contribution in [0.2, 0.25) is 0 Å². The third-order valence-electron chi connectivity index (χ3n) is 4.01. The first-order valence-corrected chi connectivity index (χ1v) is 8.43. The van der Waals surface area contributed by atoms with Crippen LogP contribution in [0, 0.1) is 0 Å². The minimum atomic E-state index is 0.907. The van der Waals surface area contributed by atoms with Gasteiger partial charge >= 0.3 is 0 Å². The Morgan fingerprint density at radius 1 is 1.14 bits per heavy atom. The number of fused-ring (bicyclic) bond motifs is 1. The maximum absolute atomic E-state index is 3.60. The second-order valence-corrected chi connectivity index (χ2v) is 6.35. The van der Waals surface area contributed by atoms with Crippen LogP contribution >= 0.6 is 15.9 Å². The lowest BCUT2D eigenvalue weighted by molar-refractivity contribution is 0.717. The van der Waals surface area contributed by atoms with Crippen molar-refractivity contribution in [3.05, 3.63) is 58.1 Å². The van der Waals surface area contributed by atoms with Crippen LogP contribution in [0.3, 0.4) is 0 Å². The zero-order valence-corrected chi connectivity index (χ0v) is 14.0. The van der Waals surface area contributed by atoms with E-state index in [0.29, 0.717) is 0 Å². The Balaban J connectivity index is 2.01. The lowest BCUT2D eigenvalue weighted by Gasteiger charge is -2.33. The number of benzene rings is 2. The van der Waals surface area contributed by atoms with Crippen molar-refractivity contribution in [2.45, 2.75) is 26.3 Å². The summed E-state index contributed by atoms with van der Waals surface area (Å²) in [6.45, 7) is 5.14. The van der Waals surface area contributed by atoms with Gasteiger partial charge in [-0.05, 0) is 54.8 Å². The molecule has 1 aliphatic rings. The van der Waals surface area contributed by atoms with Crippen molar-refractivity contribution in [1.29, 1.82) is 0 Å². The molecule has 2 nitrogen and oxygen atoms in total. The molecule has 2 aromatic carbocycles. The number of rotatable bonds is 4. The highest BCUT2D eigenvalue weighted by Crippen LogP contribution is 2.36. The van der Waals surface area contributed by atoms with Crippen LogP contribution in [-0.2, 0) is 13.0 Å². The molecule has 0 radical (unpaired) electrons. The molecule has 0 amide bonds. The molecule has 0 aliphatic carbocycles. The number of aryl methyl sites for hydroxylation is 1. The van der Waals surface area contributed by atoms with Gasteiger partial charge in [-0.2, -0.15) is 0 Å². The number of para-hydroxylation sites is 1. The second kappa shape index (κ2) is 6.63. The number of nitrogens with one attached hydrogen (secondary N) is 1. The van der Waals surface area contributed by atoms with Crippen LogP contribution in [-0.4, -0.2) is 13.1 Å². The molecule has 0 aromatic heterocycles. The fraction of sp³-hybridized carbons (Fsp3) is 0.333. The van der Waals surface area contributed by atoms with E-state index in [-0.39, 0.29) is 0 Å². The van der Waals surface area contributed by atoms with Crippen LogP contribution in [0.25, 0.3) is 0 Å². The van der Waals surface area contributed by atoms with Gasteiger partial charge in [0.1, 0.15) is 0 Å². The summed E-state index contributed by atoms with van der Waals surface area (Å²) in [4.78, 5) is 2.47. The smallest absolute Gasteiger partial charge is 0.0457 e. The van der Waals surface area contributed by atoms with E-state index in [9.17, 15) is 0 Å². The summed E-state index contributed by atoms with van der Waals surface area (Å²) in [6, 6.07) is 15.4. The number of halogens is 1. The first kappa shape index (κ1) is 14.6. The maximum Gasteiger partial charge on any atom is 0.0457 e. The van der Waals surface area contributed by atoms with Crippen LogP contribution in [0.15, 0.2) is 46.9 Å². The normalized spacial score (nSPS) is 14.1. The van der Waals surface area contributed by atoms with E-state index in [1.165, 1.54) is 35.3 Å². The van der Waals surface area contributed by atoms with Crippen molar-refractivity contribution in [3.8, 4) is 0 Å². The molecule has 1 aliphatic heterocycles. The van der Waals surface area contributed by atoms with Crippen LogP contribution in [0.5, 0.6) is 0 Å². The Labute approximate surface area is 135 Å². The van der Waals surface area contributed by atoms with E-state index in [1.807, 2.05) is 0 Å². The van der Waals surface area contributed by atoms with Gasteiger partial charge in [0.2, 0.25) is 0 Å². The highest BCUT2D eigenvalue weighted by molar-refractivity contribution is 9.10. The van der Waals surface area contributed by atoms with Crippen molar-refractivity contribution < 1.29 is 0 Å². The summed E-state index contributed by atoms with van der Waals surface area (Å²) in [6.07, 6.45) is 2.40. The van der Waals surface area contributed by atoms with Gasteiger partial charge in [-0.3, -0.25) is 0 Å². The Bertz CT molecular complexity index is 624. The van der Waals surface area contributed by atoms with Crippen LogP contribution < -0.4 is 10.2 Å². The molecule has 1 heterocycles. The molecule has 2 aromatic rings. The molecular formula is C18H21BrN2. The second-order valence-electron chi connectivity index (χ2n) is 5.44. The summed E-state index contributed by atoms with van der Waals surface area (Å²) < 4.78 is 1.14. The Morgan fingerprint density at radius 3 is 2.86 bits per heavy atom.